The number of amides is 1. The number of carbonyl (C=O) groups excluding carboxylic acids is 1. The van der Waals surface area contributed by atoms with Crippen molar-refractivity contribution in [3.05, 3.63) is 23.3 Å². The van der Waals surface area contributed by atoms with Crippen molar-refractivity contribution in [2.45, 2.75) is 33.7 Å². The fourth-order valence-electron chi connectivity index (χ4n) is 1.88. The van der Waals surface area contributed by atoms with E-state index in [0.717, 1.165) is 0 Å². The number of hydrogen-bond donors (Lipinski definition) is 3. The first kappa shape index (κ1) is 16.9. The SMILES string of the molecule is C/C=C1/C(=O)NC(C(C(=O)O)C(=O)O)/C1=C/C.CC. The Morgan fingerprint density at radius 1 is 1.16 bits per heavy atom. The average molecular weight is 269 g/mol. The molecule has 19 heavy (non-hydrogen) atoms. The summed E-state index contributed by atoms with van der Waals surface area (Å²) < 4.78 is 0. The Morgan fingerprint density at radius 2 is 1.63 bits per heavy atom. The van der Waals surface area contributed by atoms with Gasteiger partial charge >= 0.3 is 11.9 Å². The smallest absolute Gasteiger partial charge is 0.320 e. The molecule has 0 aromatic rings. The number of carboxylic acids is 2. The zero-order chi connectivity index (χ0) is 15.2. The predicted octanol–water partition coefficient (Wildman–Crippen LogP) is 1.19. The summed E-state index contributed by atoms with van der Waals surface area (Å²) in [6.07, 6.45) is 3.09. The van der Waals surface area contributed by atoms with Gasteiger partial charge in [-0.1, -0.05) is 26.0 Å². The van der Waals surface area contributed by atoms with E-state index in [0.29, 0.717) is 11.1 Å². The zero-order valence-electron chi connectivity index (χ0n) is 11.4. The molecule has 1 fully saturated rings. The maximum atomic E-state index is 11.5. The minimum Gasteiger partial charge on any atom is -0.481 e. The highest BCUT2D eigenvalue weighted by atomic mass is 16.4. The lowest BCUT2D eigenvalue weighted by Gasteiger charge is -2.16. The number of aliphatic carboxylic acids is 2. The molecule has 0 aliphatic carbocycles. The lowest BCUT2D eigenvalue weighted by Crippen LogP contribution is -2.42. The van der Waals surface area contributed by atoms with Gasteiger partial charge in [0.2, 0.25) is 0 Å². The zero-order valence-corrected chi connectivity index (χ0v) is 11.4. The number of carboxylic acid groups (broad SMARTS) is 2. The highest BCUT2D eigenvalue weighted by Crippen LogP contribution is 2.27. The Bertz CT molecular complexity index is 422. The molecule has 0 aromatic carbocycles. The number of allylic oxidation sites excluding steroid dienone is 2. The van der Waals surface area contributed by atoms with Crippen LogP contribution in [-0.2, 0) is 14.4 Å². The van der Waals surface area contributed by atoms with Crippen molar-refractivity contribution in [2.75, 3.05) is 0 Å². The van der Waals surface area contributed by atoms with E-state index in [2.05, 4.69) is 5.32 Å². The highest BCUT2D eigenvalue weighted by Gasteiger charge is 2.43. The van der Waals surface area contributed by atoms with Gasteiger partial charge < -0.3 is 15.5 Å². The molecule has 1 atom stereocenters. The monoisotopic (exact) mass is 269 g/mol. The summed E-state index contributed by atoms with van der Waals surface area (Å²) in [6.45, 7) is 7.27. The lowest BCUT2D eigenvalue weighted by molar-refractivity contribution is -0.155. The van der Waals surface area contributed by atoms with Crippen LogP contribution in [0.15, 0.2) is 23.3 Å². The largest absolute Gasteiger partial charge is 0.481 e. The molecule has 0 spiro atoms. The van der Waals surface area contributed by atoms with Crippen LogP contribution < -0.4 is 5.32 Å². The van der Waals surface area contributed by atoms with Crippen LogP contribution >= 0.6 is 0 Å². The van der Waals surface area contributed by atoms with Crippen LogP contribution in [0, 0.1) is 5.92 Å². The first-order valence-electron chi connectivity index (χ1n) is 6.03. The quantitative estimate of drug-likeness (QED) is 0.527. The molecule has 0 aromatic heterocycles. The third-order valence-corrected chi connectivity index (χ3v) is 2.64. The molecule has 106 valence electrons. The molecule has 6 nitrogen and oxygen atoms in total. The molecule has 1 amide bonds. The predicted molar refractivity (Wildman–Crippen MR) is 69.6 cm³/mol. The number of nitrogens with one attached hydrogen (secondary N) is 1. The minimum absolute atomic E-state index is 0.324. The molecule has 1 rings (SSSR count). The molecule has 0 bridgehead atoms. The van der Waals surface area contributed by atoms with Crippen LogP contribution in [0.25, 0.3) is 0 Å². The Kier molecular flexibility index (Phi) is 6.54. The van der Waals surface area contributed by atoms with Gasteiger partial charge in [0.1, 0.15) is 0 Å². The second kappa shape index (κ2) is 7.35. The fraction of sp³-hybridized carbons (Fsp3) is 0.462. The summed E-state index contributed by atoms with van der Waals surface area (Å²) in [7, 11) is 0. The van der Waals surface area contributed by atoms with E-state index in [1.54, 1.807) is 19.9 Å². The van der Waals surface area contributed by atoms with E-state index in [1.807, 2.05) is 13.8 Å². The molecule has 1 heterocycles. The second-order valence-corrected chi connectivity index (χ2v) is 3.55. The van der Waals surface area contributed by atoms with E-state index >= 15 is 0 Å². The van der Waals surface area contributed by atoms with E-state index in [-0.39, 0.29) is 0 Å². The maximum absolute atomic E-state index is 11.5. The van der Waals surface area contributed by atoms with E-state index in [1.165, 1.54) is 6.08 Å². The van der Waals surface area contributed by atoms with Crippen LogP contribution in [0.4, 0.5) is 0 Å². The van der Waals surface area contributed by atoms with Gasteiger partial charge in [-0.25, -0.2) is 0 Å². The van der Waals surface area contributed by atoms with Crippen LogP contribution in [0.2, 0.25) is 0 Å². The van der Waals surface area contributed by atoms with E-state index < -0.39 is 29.8 Å². The fourth-order valence-corrected chi connectivity index (χ4v) is 1.88. The lowest BCUT2D eigenvalue weighted by atomic mass is 9.92. The van der Waals surface area contributed by atoms with Gasteiger partial charge in [0, 0.05) is 5.57 Å². The third-order valence-electron chi connectivity index (χ3n) is 2.64. The van der Waals surface area contributed by atoms with Crippen molar-refractivity contribution in [1.82, 2.24) is 5.32 Å². The standard InChI is InChI=1S/C11H13NO5.C2H6/c1-3-5-6(4-2)9(13)12-8(5)7(10(14)15)11(16)17;1-2/h3-4,7-8H,1-2H3,(H,12,13)(H,14,15)(H,16,17);1-2H3/b5-3+,6-4+;. The van der Waals surface area contributed by atoms with Crippen molar-refractivity contribution in [3.63, 3.8) is 0 Å². The topological polar surface area (TPSA) is 104 Å². The number of carbonyl (C=O) groups is 3. The van der Waals surface area contributed by atoms with Gasteiger partial charge in [0.05, 0.1) is 6.04 Å². The van der Waals surface area contributed by atoms with Gasteiger partial charge in [-0.15, -0.1) is 0 Å². The van der Waals surface area contributed by atoms with Crippen molar-refractivity contribution in [3.8, 4) is 0 Å². The van der Waals surface area contributed by atoms with Gasteiger partial charge in [-0.3, -0.25) is 14.4 Å². The Hall–Kier alpha value is -2.11. The summed E-state index contributed by atoms with van der Waals surface area (Å²) in [6, 6.07) is -1.02. The average Bonchev–Trinajstić information content (AvgIpc) is 2.66. The normalized spacial score (nSPS) is 22.2. The molecule has 0 saturated carbocycles. The van der Waals surface area contributed by atoms with Gasteiger partial charge in [0.25, 0.3) is 5.91 Å². The summed E-state index contributed by atoms with van der Waals surface area (Å²) in [5, 5.41) is 20.1. The van der Waals surface area contributed by atoms with E-state index in [4.69, 9.17) is 10.2 Å². The molecule has 1 saturated heterocycles. The van der Waals surface area contributed by atoms with Gasteiger partial charge in [0.15, 0.2) is 5.92 Å². The van der Waals surface area contributed by atoms with Crippen molar-refractivity contribution < 1.29 is 24.6 Å². The second-order valence-electron chi connectivity index (χ2n) is 3.55. The molecular formula is C13H19NO5. The van der Waals surface area contributed by atoms with Crippen LogP contribution in [0.1, 0.15) is 27.7 Å². The molecule has 3 N–H and O–H groups in total. The Morgan fingerprint density at radius 3 is 1.95 bits per heavy atom. The summed E-state index contributed by atoms with van der Waals surface area (Å²) in [4.78, 5) is 33.4. The van der Waals surface area contributed by atoms with Crippen LogP contribution in [0.3, 0.4) is 0 Å². The number of hydrogen-bond acceptors (Lipinski definition) is 3. The highest BCUT2D eigenvalue weighted by molar-refractivity contribution is 6.05. The van der Waals surface area contributed by atoms with Crippen LogP contribution in [-0.4, -0.2) is 34.1 Å². The van der Waals surface area contributed by atoms with Crippen molar-refractivity contribution >= 4 is 17.8 Å². The van der Waals surface area contributed by atoms with Gasteiger partial charge in [-0.05, 0) is 19.4 Å². The molecule has 1 aliphatic heterocycles. The van der Waals surface area contributed by atoms with Crippen molar-refractivity contribution in [1.29, 1.82) is 0 Å². The molecule has 6 heteroatoms. The summed E-state index contributed by atoms with van der Waals surface area (Å²) >= 11 is 0. The summed E-state index contributed by atoms with van der Waals surface area (Å²) in [5.41, 5.74) is 0.734. The van der Waals surface area contributed by atoms with Gasteiger partial charge in [-0.2, -0.15) is 0 Å². The van der Waals surface area contributed by atoms with Crippen molar-refractivity contribution in [2.24, 2.45) is 5.92 Å². The summed E-state index contributed by atoms with van der Waals surface area (Å²) in [5.74, 6) is -5.07. The minimum atomic E-state index is -1.68. The maximum Gasteiger partial charge on any atom is 0.320 e. The first-order chi connectivity index (χ1) is 8.93. The van der Waals surface area contributed by atoms with E-state index in [9.17, 15) is 14.4 Å². The third kappa shape index (κ3) is 3.43. The molecular weight excluding hydrogens is 250 g/mol. The number of rotatable bonds is 3. The Balaban J connectivity index is 0.00000154. The molecule has 1 unspecified atom stereocenters. The van der Waals surface area contributed by atoms with Crippen LogP contribution in [0.5, 0.6) is 0 Å². The first-order valence-corrected chi connectivity index (χ1v) is 6.03. The molecule has 0 radical (unpaired) electrons. The Labute approximate surface area is 111 Å². The molecule has 1 aliphatic rings.